The van der Waals surface area contributed by atoms with E-state index in [1.165, 1.54) is 6.07 Å². The number of aryl methyl sites for hydroxylation is 1. The first-order chi connectivity index (χ1) is 8.58. The molecule has 1 fully saturated rings. The van der Waals surface area contributed by atoms with Gasteiger partial charge in [0, 0.05) is 16.6 Å². The predicted octanol–water partition coefficient (Wildman–Crippen LogP) is 2.80. The lowest BCUT2D eigenvalue weighted by atomic mass is 10.2. The van der Waals surface area contributed by atoms with Gasteiger partial charge in [0.25, 0.3) is 0 Å². The maximum absolute atomic E-state index is 11.0. The lowest BCUT2D eigenvalue weighted by Crippen LogP contribution is -2.28. The molecule has 1 unspecified atom stereocenters. The smallest absolute Gasteiger partial charge is 0.312 e. The minimum Gasteiger partial charge on any atom is -0.485 e. The van der Waals surface area contributed by atoms with Gasteiger partial charge >= 0.3 is 5.69 Å². The van der Waals surface area contributed by atoms with Gasteiger partial charge in [-0.2, -0.15) is 0 Å². The first-order valence-corrected chi connectivity index (χ1v) is 6.68. The van der Waals surface area contributed by atoms with E-state index in [1.54, 1.807) is 0 Å². The molecule has 0 aliphatic carbocycles. The molecule has 6 heteroatoms. The largest absolute Gasteiger partial charge is 0.485 e. The van der Waals surface area contributed by atoms with Crippen molar-refractivity contribution in [2.45, 2.75) is 25.8 Å². The maximum atomic E-state index is 11.0. The number of benzene rings is 1. The first kappa shape index (κ1) is 13.3. The summed E-state index contributed by atoms with van der Waals surface area (Å²) in [5, 5.41) is 14.3. The number of nitrogens with one attached hydrogen (secondary N) is 1. The van der Waals surface area contributed by atoms with E-state index >= 15 is 0 Å². The number of nitro benzene ring substituents is 1. The average molecular weight is 315 g/mol. The molecule has 18 heavy (non-hydrogen) atoms. The molecule has 1 aromatic rings. The van der Waals surface area contributed by atoms with Crippen molar-refractivity contribution in [1.82, 2.24) is 5.32 Å². The van der Waals surface area contributed by atoms with Crippen LogP contribution in [0.5, 0.6) is 5.75 Å². The third-order valence-electron chi connectivity index (χ3n) is 3.01. The van der Waals surface area contributed by atoms with E-state index in [9.17, 15) is 10.1 Å². The predicted molar refractivity (Wildman–Crippen MR) is 72.1 cm³/mol. The van der Waals surface area contributed by atoms with Crippen molar-refractivity contribution < 1.29 is 9.66 Å². The van der Waals surface area contributed by atoms with Crippen molar-refractivity contribution in [2.75, 3.05) is 13.2 Å². The zero-order valence-electron chi connectivity index (χ0n) is 10.1. The van der Waals surface area contributed by atoms with Gasteiger partial charge in [0.05, 0.1) is 4.92 Å². The molecule has 1 heterocycles. The van der Waals surface area contributed by atoms with Crippen LogP contribution in [0.25, 0.3) is 0 Å². The molecule has 1 atom stereocenters. The van der Waals surface area contributed by atoms with Crippen molar-refractivity contribution >= 4 is 21.6 Å². The molecule has 98 valence electrons. The number of nitro groups is 1. The topological polar surface area (TPSA) is 64.4 Å². The van der Waals surface area contributed by atoms with Gasteiger partial charge in [-0.05, 0) is 37.9 Å². The Morgan fingerprint density at radius 2 is 2.39 bits per heavy atom. The Morgan fingerprint density at radius 1 is 1.61 bits per heavy atom. The van der Waals surface area contributed by atoms with Gasteiger partial charge in [-0.3, -0.25) is 10.1 Å². The van der Waals surface area contributed by atoms with Crippen molar-refractivity contribution in [1.29, 1.82) is 0 Å². The molecule has 0 radical (unpaired) electrons. The van der Waals surface area contributed by atoms with Gasteiger partial charge in [0.1, 0.15) is 6.61 Å². The van der Waals surface area contributed by atoms with Gasteiger partial charge in [-0.25, -0.2) is 0 Å². The number of rotatable bonds is 4. The van der Waals surface area contributed by atoms with E-state index in [-0.39, 0.29) is 5.69 Å². The fourth-order valence-electron chi connectivity index (χ4n) is 2.12. The Labute approximate surface area is 114 Å². The average Bonchev–Trinajstić information content (AvgIpc) is 2.79. The van der Waals surface area contributed by atoms with Crippen molar-refractivity contribution in [3.63, 3.8) is 0 Å². The normalized spacial score (nSPS) is 18.9. The quantitative estimate of drug-likeness (QED) is 0.685. The van der Waals surface area contributed by atoms with E-state index in [2.05, 4.69) is 21.2 Å². The van der Waals surface area contributed by atoms with Crippen molar-refractivity contribution in [3.8, 4) is 5.75 Å². The highest BCUT2D eigenvalue weighted by Crippen LogP contribution is 2.34. The highest BCUT2D eigenvalue weighted by atomic mass is 79.9. The van der Waals surface area contributed by atoms with Gasteiger partial charge in [0.15, 0.2) is 5.75 Å². The number of ether oxygens (including phenoxy) is 1. The summed E-state index contributed by atoms with van der Waals surface area (Å²) in [6, 6.07) is 3.60. The lowest BCUT2D eigenvalue weighted by Gasteiger charge is -2.14. The second kappa shape index (κ2) is 5.67. The summed E-state index contributed by atoms with van der Waals surface area (Å²) in [6.45, 7) is 3.29. The summed E-state index contributed by atoms with van der Waals surface area (Å²) < 4.78 is 6.34. The molecule has 5 nitrogen and oxygen atoms in total. The molecular weight excluding hydrogens is 300 g/mol. The number of hydrogen-bond acceptors (Lipinski definition) is 4. The van der Waals surface area contributed by atoms with E-state index in [1.807, 2.05) is 13.0 Å². The number of nitrogens with zero attached hydrogens (tertiary/aromatic N) is 1. The molecule has 1 aliphatic rings. The fourth-order valence-corrected chi connectivity index (χ4v) is 2.68. The summed E-state index contributed by atoms with van der Waals surface area (Å²) in [6.07, 6.45) is 2.19. The van der Waals surface area contributed by atoms with E-state index in [0.29, 0.717) is 22.9 Å². The highest BCUT2D eigenvalue weighted by molar-refractivity contribution is 9.10. The lowest BCUT2D eigenvalue weighted by molar-refractivity contribution is -0.386. The van der Waals surface area contributed by atoms with Crippen LogP contribution in [0.15, 0.2) is 16.6 Å². The Balaban J connectivity index is 2.17. The Kier molecular flexibility index (Phi) is 4.19. The van der Waals surface area contributed by atoms with Crippen molar-refractivity contribution in [2.24, 2.45) is 0 Å². The molecule has 0 saturated carbocycles. The molecule has 1 N–H and O–H groups in total. The Morgan fingerprint density at radius 3 is 3.00 bits per heavy atom. The summed E-state index contributed by atoms with van der Waals surface area (Å²) in [5.41, 5.74) is 0.786. The van der Waals surface area contributed by atoms with E-state index in [4.69, 9.17) is 4.74 Å². The van der Waals surface area contributed by atoms with Crippen molar-refractivity contribution in [3.05, 3.63) is 32.3 Å². The van der Waals surface area contributed by atoms with Crippen LogP contribution in [0.3, 0.4) is 0 Å². The van der Waals surface area contributed by atoms with Gasteiger partial charge in [-0.1, -0.05) is 15.9 Å². The second-order valence-corrected chi connectivity index (χ2v) is 5.35. The minimum atomic E-state index is -0.408. The summed E-state index contributed by atoms with van der Waals surface area (Å²) in [4.78, 5) is 10.6. The first-order valence-electron chi connectivity index (χ1n) is 5.88. The summed E-state index contributed by atoms with van der Waals surface area (Å²) in [5.74, 6) is 0.372. The Bertz CT molecular complexity index is 459. The third kappa shape index (κ3) is 3.00. The van der Waals surface area contributed by atoms with Gasteiger partial charge in [-0.15, -0.1) is 0 Å². The third-order valence-corrected chi connectivity index (χ3v) is 3.47. The molecule has 1 aliphatic heterocycles. The molecule has 1 aromatic carbocycles. The monoisotopic (exact) mass is 314 g/mol. The molecule has 0 aromatic heterocycles. The fraction of sp³-hybridized carbons (Fsp3) is 0.500. The van der Waals surface area contributed by atoms with Crippen LogP contribution in [-0.2, 0) is 0 Å². The van der Waals surface area contributed by atoms with Crippen LogP contribution in [0.2, 0.25) is 0 Å². The number of halogens is 1. The molecule has 0 bridgehead atoms. The molecule has 1 saturated heterocycles. The van der Waals surface area contributed by atoms with Crippen LogP contribution < -0.4 is 10.1 Å². The summed E-state index contributed by atoms with van der Waals surface area (Å²) in [7, 11) is 0. The molecule has 0 amide bonds. The van der Waals surface area contributed by atoms with Gasteiger partial charge in [0.2, 0.25) is 0 Å². The standard InChI is InChI=1S/C12H15BrN2O3/c1-8-5-9(13)6-11(15(16)17)12(8)18-7-10-3-2-4-14-10/h5-6,10,14H,2-4,7H2,1H3. The minimum absolute atomic E-state index is 0.0138. The van der Waals surface area contributed by atoms with Gasteiger partial charge < -0.3 is 10.1 Å². The molecule has 0 spiro atoms. The Hall–Kier alpha value is -1.14. The summed E-state index contributed by atoms with van der Waals surface area (Å²) >= 11 is 3.26. The van der Waals surface area contributed by atoms with Crippen LogP contribution in [0.4, 0.5) is 5.69 Å². The second-order valence-electron chi connectivity index (χ2n) is 4.43. The van der Waals surface area contributed by atoms with Crippen LogP contribution in [-0.4, -0.2) is 24.1 Å². The number of hydrogen-bond donors (Lipinski definition) is 1. The highest BCUT2D eigenvalue weighted by Gasteiger charge is 2.21. The molecular formula is C12H15BrN2O3. The SMILES string of the molecule is Cc1cc(Br)cc([N+](=O)[O-])c1OCC1CCCN1. The maximum Gasteiger partial charge on any atom is 0.312 e. The zero-order valence-corrected chi connectivity index (χ0v) is 11.7. The molecule has 2 rings (SSSR count). The zero-order chi connectivity index (χ0) is 13.1. The van der Waals surface area contributed by atoms with Crippen LogP contribution in [0, 0.1) is 17.0 Å². The van der Waals surface area contributed by atoms with E-state index < -0.39 is 4.92 Å². The van der Waals surface area contributed by atoms with Crippen LogP contribution in [0.1, 0.15) is 18.4 Å². The van der Waals surface area contributed by atoms with Crippen LogP contribution >= 0.6 is 15.9 Å². The van der Waals surface area contributed by atoms with E-state index in [0.717, 1.165) is 24.9 Å².